The van der Waals surface area contributed by atoms with Crippen LogP contribution in [-0.2, 0) is 11.3 Å². The van der Waals surface area contributed by atoms with Crippen molar-refractivity contribution >= 4 is 5.91 Å². The molecule has 1 N–H and O–H groups in total. The SMILES string of the molecule is CCNC(C)CC(=O)N(CC)Cc1ccc(C#N)cc1F. The van der Waals surface area contributed by atoms with Gasteiger partial charge in [0, 0.05) is 31.1 Å². The number of benzene rings is 1. The summed E-state index contributed by atoms with van der Waals surface area (Å²) < 4.78 is 13.9. The molecular formula is C16H22FN3O. The van der Waals surface area contributed by atoms with Gasteiger partial charge >= 0.3 is 0 Å². The summed E-state index contributed by atoms with van der Waals surface area (Å²) in [6.07, 6.45) is 0.388. The van der Waals surface area contributed by atoms with E-state index in [0.717, 1.165) is 6.54 Å². The maximum Gasteiger partial charge on any atom is 0.224 e. The van der Waals surface area contributed by atoms with Crippen molar-refractivity contribution in [3.63, 3.8) is 0 Å². The van der Waals surface area contributed by atoms with Gasteiger partial charge in [0.2, 0.25) is 5.91 Å². The number of carbonyl (C=O) groups excluding carboxylic acids is 1. The Kier molecular flexibility index (Phi) is 6.83. The van der Waals surface area contributed by atoms with Crippen LogP contribution in [0.15, 0.2) is 18.2 Å². The van der Waals surface area contributed by atoms with Crippen molar-refractivity contribution in [2.24, 2.45) is 0 Å². The molecule has 0 aliphatic heterocycles. The van der Waals surface area contributed by atoms with Gasteiger partial charge in [-0.25, -0.2) is 4.39 Å². The Morgan fingerprint density at radius 1 is 1.48 bits per heavy atom. The van der Waals surface area contributed by atoms with Crippen LogP contribution in [0.5, 0.6) is 0 Å². The van der Waals surface area contributed by atoms with Gasteiger partial charge in [0.1, 0.15) is 5.82 Å². The van der Waals surface area contributed by atoms with E-state index in [0.29, 0.717) is 18.5 Å². The first-order valence-corrected chi connectivity index (χ1v) is 7.21. The number of nitrogens with one attached hydrogen (secondary N) is 1. The Balaban J connectivity index is 2.74. The highest BCUT2D eigenvalue weighted by Gasteiger charge is 2.16. The molecule has 1 unspecified atom stereocenters. The van der Waals surface area contributed by atoms with Gasteiger partial charge in [-0.05, 0) is 32.5 Å². The molecular weight excluding hydrogens is 269 g/mol. The third-order valence-corrected chi connectivity index (χ3v) is 3.31. The molecule has 21 heavy (non-hydrogen) atoms. The van der Waals surface area contributed by atoms with Crippen LogP contribution in [0.25, 0.3) is 0 Å². The number of carbonyl (C=O) groups is 1. The molecule has 4 nitrogen and oxygen atoms in total. The zero-order valence-corrected chi connectivity index (χ0v) is 12.8. The lowest BCUT2D eigenvalue weighted by atomic mass is 10.1. The molecule has 5 heteroatoms. The molecule has 0 spiro atoms. The van der Waals surface area contributed by atoms with Crippen molar-refractivity contribution in [3.05, 3.63) is 35.1 Å². The molecule has 1 aromatic rings. The molecule has 1 atom stereocenters. The van der Waals surface area contributed by atoms with E-state index in [9.17, 15) is 9.18 Å². The Morgan fingerprint density at radius 3 is 2.71 bits per heavy atom. The molecule has 0 aromatic heterocycles. The van der Waals surface area contributed by atoms with Gasteiger partial charge in [-0.15, -0.1) is 0 Å². The minimum atomic E-state index is -0.444. The molecule has 1 rings (SSSR count). The predicted octanol–water partition coefficient (Wildman–Crippen LogP) is 2.43. The summed E-state index contributed by atoms with van der Waals surface area (Å²) in [6, 6.07) is 6.33. The van der Waals surface area contributed by atoms with Crippen LogP contribution in [0.2, 0.25) is 0 Å². The average Bonchev–Trinajstić information content (AvgIpc) is 2.45. The molecule has 1 amide bonds. The van der Waals surface area contributed by atoms with Crippen LogP contribution in [-0.4, -0.2) is 29.9 Å². The fraction of sp³-hybridized carbons (Fsp3) is 0.500. The predicted molar refractivity (Wildman–Crippen MR) is 80.0 cm³/mol. The van der Waals surface area contributed by atoms with Gasteiger partial charge in [-0.3, -0.25) is 4.79 Å². The van der Waals surface area contributed by atoms with E-state index in [1.165, 1.54) is 6.07 Å². The fourth-order valence-electron chi connectivity index (χ4n) is 2.14. The molecule has 0 heterocycles. The largest absolute Gasteiger partial charge is 0.338 e. The molecule has 1 aromatic carbocycles. The van der Waals surface area contributed by atoms with Crippen molar-refractivity contribution in [1.82, 2.24) is 10.2 Å². The quantitative estimate of drug-likeness (QED) is 0.839. The second kappa shape index (κ2) is 8.38. The molecule has 0 fully saturated rings. The van der Waals surface area contributed by atoms with Crippen molar-refractivity contribution in [2.45, 2.75) is 39.8 Å². The van der Waals surface area contributed by atoms with Crippen LogP contribution < -0.4 is 5.32 Å². The maximum absolute atomic E-state index is 13.9. The van der Waals surface area contributed by atoms with Crippen LogP contribution >= 0.6 is 0 Å². The van der Waals surface area contributed by atoms with Gasteiger partial charge in [-0.2, -0.15) is 5.26 Å². The number of halogens is 1. The summed E-state index contributed by atoms with van der Waals surface area (Å²) in [5.74, 6) is -0.449. The first-order valence-electron chi connectivity index (χ1n) is 7.21. The summed E-state index contributed by atoms with van der Waals surface area (Å²) in [5.41, 5.74) is 0.715. The lowest BCUT2D eigenvalue weighted by molar-refractivity contribution is -0.132. The number of nitriles is 1. The lowest BCUT2D eigenvalue weighted by Crippen LogP contribution is -2.36. The maximum atomic E-state index is 13.9. The number of nitrogens with zero attached hydrogens (tertiary/aromatic N) is 2. The molecule has 0 saturated heterocycles. The highest BCUT2D eigenvalue weighted by Crippen LogP contribution is 2.13. The summed E-state index contributed by atoms with van der Waals surface area (Å²) >= 11 is 0. The smallest absolute Gasteiger partial charge is 0.224 e. The summed E-state index contributed by atoms with van der Waals surface area (Å²) in [7, 11) is 0. The third-order valence-electron chi connectivity index (χ3n) is 3.31. The zero-order valence-electron chi connectivity index (χ0n) is 12.8. The summed E-state index contributed by atoms with van der Waals surface area (Å²) in [6.45, 7) is 7.38. The second-order valence-electron chi connectivity index (χ2n) is 4.99. The van der Waals surface area contributed by atoms with Crippen LogP contribution in [0.4, 0.5) is 4.39 Å². The molecule has 0 aliphatic carbocycles. The lowest BCUT2D eigenvalue weighted by Gasteiger charge is -2.23. The van der Waals surface area contributed by atoms with Crippen LogP contribution in [0, 0.1) is 17.1 Å². The van der Waals surface area contributed by atoms with E-state index in [-0.39, 0.29) is 24.1 Å². The molecule has 0 radical (unpaired) electrons. The van der Waals surface area contributed by atoms with E-state index in [1.807, 2.05) is 26.8 Å². The van der Waals surface area contributed by atoms with Gasteiger partial charge in [0.25, 0.3) is 0 Å². The average molecular weight is 291 g/mol. The Hall–Kier alpha value is -1.93. The number of hydrogen-bond acceptors (Lipinski definition) is 3. The fourth-order valence-corrected chi connectivity index (χ4v) is 2.14. The first-order chi connectivity index (χ1) is 10.0. The van der Waals surface area contributed by atoms with Crippen molar-refractivity contribution < 1.29 is 9.18 Å². The zero-order chi connectivity index (χ0) is 15.8. The van der Waals surface area contributed by atoms with Crippen LogP contribution in [0.1, 0.15) is 38.3 Å². The van der Waals surface area contributed by atoms with E-state index in [4.69, 9.17) is 5.26 Å². The molecule has 0 saturated carbocycles. The van der Waals surface area contributed by atoms with E-state index in [1.54, 1.807) is 17.0 Å². The highest BCUT2D eigenvalue weighted by molar-refractivity contribution is 5.76. The number of hydrogen-bond donors (Lipinski definition) is 1. The van der Waals surface area contributed by atoms with E-state index >= 15 is 0 Å². The molecule has 114 valence electrons. The third kappa shape index (κ3) is 5.16. The van der Waals surface area contributed by atoms with E-state index in [2.05, 4.69) is 5.32 Å². The topological polar surface area (TPSA) is 56.1 Å². The summed E-state index contributed by atoms with van der Waals surface area (Å²) in [5, 5.41) is 11.9. The summed E-state index contributed by atoms with van der Waals surface area (Å²) in [4.78, 5) is 13.8. The van der Waals surface area contributed by atoms with Crippen molar-refractivity contribution in [3.8, 4) is 6.07 Å². The van der Waals surface area contributed by atoms with Crippen molar-refractivity contribution in [1.29, 1.82) is 5.26 Å². The minimum absolute atomic E-state index is 0.00490. The first kappa shape index (κ1) is 17.1. The van der Waals surface area contributed by atoms with Gasteiger partial charge in [0.05, 0.1) is 11.6 Å². The number of rotatable bonds is 7. The normalized spacial score (nSPS) is 11.8. The van der Waals surface area contributed by atoms with Gasteiger partial charge < -0.3 is 10.2 Å². The Morgan fingerprint density at radius 2 is 2.19 bits per heavy atom. The molecule has 0 bridgehead atoms. The van der Waals surface area contributed by atoms with Gasteiger partial charge in [0.15, 0.2) is 0 Å². The number of amides is 1. The highest BCUT2D eigenvalue weighted by atomic mass is 19.1. The van der Waals surface area contributed by atoms with E-state index < -0.39 is 5.82 Å². The van der Waals surface area contributed by atoms with Crippen LogP contribution in [0.3, 0.4) is 0 Å². The molecule has 0 aliphatic rings. The Labute approximate surface area is 125 Å². The monoisotopic (exact) mass is 291 g/mol. The Bertz CT molecular complexity index is 525. The standard InChI is InChI=1S/C16H22FN3O/c1-4-19-12(3)8-16(21)20(5-2)11-14-7-6-13(10-18)9-15(14)17/h6-7,9,12,19H,4-5,8,11H2,1-3H3. The van der Waals surface area contributed by atoms with Crippen molar-refractivity contribution in [2.75, 3.05) is 13.1 Å². The van der Waals surface area contributed by atoms with Gasteiger partial charge in [-0.1, -0.05) is 13.0 Å². The minimum Gasteiger partial charge on any atom is -0.338 e. The second-order valence-corrected chi connectivity index (χ2v) is 4.99.